The summed E-state index contributed by atoms with van der Waals surface area (Å²) in [6.07, 6.45) is 1.50. The van der Waals surface area contributed by atoms with Gasteiger partial charge in [-0.25, -0.2) is 4.39 Å². The minimum Gasteiger partial charge on any atom is -0.456 e. The molecule has 4 heteroatoms. The molecule has 1 atom stereocenters. The summed E-state index contributed by atoms with van der Waals surface area (Å²) in [5.41, 5.74) is 8.20. The summed E-state index contributed by atoms with van der Waals surface area (Å²) in [4.78, 5) is 0. The molecule has 0 spiro atoms. The lowest BCUT2D eigenvalue weighted by molar-refractivity contribution is 0.200. The third-order valence-corrected chi connectivity index (χ3v) is 4.06. The fraction of sp³-hybridized carbons (Fsp3) is 0.263. The van der Waals surface area contributed by atoms with E-state index >= 15 is 0 Å². The fourth-order valence-electron chi connectivity index (χ4n) is 2.51. The van der Waals surface area contributed by atoms with Crippen LogP contribution in [0.1, 0.15) is 18.9 Å². The van der Waals surface area contributed by atoms with Crippen molar-refractivity contribution in [2.45, 2.75) is 25.3 Å². The fourth-order valence-corrected chi connectivity index (χ4v) is 2.51. The molecule has 3 nitrogen and oxygen atoms in total. The molecule has 0 radical (unpaired) electrons. The summed E-state index contributed by atoms with van der Waals surface area (Å²) in [6, 6.07) is 14.2. The predicted molar refractivity (Wildman–Crippen MR) is 89.6 cm³/mol. The smallest absolute Gasteiger partial charge is 0.135 e. The van der Waals surface area contributed by atoms with Gasteiger partial charge >= 0.3 is 0 Å². The second-order valence-corrected chi connectivity index (χ2v) is 6.30. The van der Waals surface area contributed by atoms with Gasteiger partial charge in [0.25, 0.3) is 0 Å². The third-order valence-electron chi connectivity index (χ3n) is 4.06. The van der Waals surface area contributed by atoms with E-state index in [-0.39, 0.29) is 12.4 Å². The molecule has 120 valence electrons. The van der Waals surface area contributed by atoms with Crippen molar-refractivity contribution >= 4 is 11.0 Å². The lowest BCUT2D eigenvalue weighted by atomic mass is 9.95. The highest BCUT2D eigenvalue weighted by molar-refractivity contribution is 5.83. The zero-order chi connectivity index (χ0) is 16.4. The number of nitrogens with two attached hydrogens (primary N) is 1. The lowest BCUT2D eigenvalue weighted by Crippen LogP contribution is -2.40. The van der Waals surface area contributed by atoms with E-state index in [4.69, 9.17) is 10.2 Å². The van der Waals surface area contributed by atoms with Crippen molar-refractivity contribution in [3.05, 3.63) is 59.9 Å². The topological polar surface area (TPSA) is 59.4 Å². The van der Waals surface area contributed by atoms with Gasteiger partial charge in [0.15, 0.2) is 0 Å². The van der Waals surface area contributed by atoms with E-state index in [0.29, 0.717) is 6.42 Å². The van der Waals surface area contributed by atoms with Gasteiger partial charge in [0.2, 0.25) is 0 Å². The molecule has 3 aromatic rings. The maximum atomic E-state index is 13.0. The number of hydrogen-bond donors (Lipinski definition) is 2. The molecule has 0 unspecified atom stereocenters. The van der Waals surface area contributed by atoms with E-state index in [0.717, 1.165) is 34.3 Å². The highest BCUT2D eigenvalue weighted by atomic mass is 19.1. The molecule has 1 aromatic heterocycles. The van der Waals surface area contributed by atoms with Gasteiger partial charge in [-0.3, -0.25) is 0 Å². The number of furan rings is 1. The van der Waals surface area contributed by atoms with Crippen LogP contribution in [0, 0.1) is 5.82 Å². The Balaban J connectivity index is 1.84. The normalized spacial score (nSPS) is 14.1. The Bertz CT molecular complexity index is 806. The number of fused-ring (bicyclic) bond motifs is 1. The van der Waals surface area contributed by atoms with E-state index in [1.165, 1.54) is 12.1 Å². The molecule has 0 fully saturated rings. The maximum absolute atomic E-state index is 13.0. The Kier molecular flexibility index (Phi) is 4.20. The van der Waals surface area contributed by atoms with Gasteiger partial charge in [0.1, 0.15) is 17.2 Å². The predicted octanol–water partition coefficient (Wildman–Crippen LogP) is 3.88. The molecule has 0 saturated heterocycles. The number of rotatable bonds is 5. The summed E-state index contributed by atoms with van der Waals surface area (Å²) in [5.74, 6) is 0.456. The van der Waals surface area contributed by atoms with Gasteiger partial charge in [-0.05, 0) is 67.8 Å². The van der Waals surface area contributed by atoms with Crippen molar-refractivity contribution in [3.8, 4) is 11.3 Å². The first-order valence-electron chi connectivity index (χ1n) is 7.65. The molecule has 23 heavy (non-hydrogen) atoms. The van der Waals surface area contributed by atoms with Gasteiger partial charge in [-0.1, -0.05) is 6.07 Å². The summed E-state index contributed by atoms with van der Waals surface area (Å²) >= 11 is 0. The molecule has 0 amide bonds. The van der Waals surface area contributed by atoms with Crippen LogP contribution in [0.5, 0.6) is 0 Å². The van der Waals surface area contributed by atoms with Crippen LogP contribution >= 0.6 is 0 Å². The second-order valence-electron chi connectivity index (χ2n) is 6.30. The van der Waals surface area contributed by atoms with Crippen molar-refractivity contribution in [1.29, 1.82) is 0 Å². The number of aryl methyl sites for hydroxylation is 1. The minimum atomic E-state index is -0.565. The van der Waals surface area contributed by atoms with Gasteiger partial charge in [0, 0.05) is 16.5 Å². The average Bonchev–Trinajstić information content (AvgIpc) is 2.97. The third kappa shape index (κ3) is 3.60. The number of halogens is 1. The molecule has 0 saturated carbocycles. The summed E-state index contributed by atoms with van der Waals surface area (Å²) in [7, 11) is 0. The first-order valence-corrected chi connectivity index (χ1v) is 7.65. The van der Waals surface area contributed by atoms with E-state index in [9.17, 15) is 9.50 Å². The molecular formula is C19H20FNO2. The number of hydrogen-bond acceptors (Lipinski definition) is 3. The van der Waals surface area contributed by atoms with Crippen molar-refractivity contribution < 1.29 is 13.9 Å². The molecule has 1 heterocycles. The van der Waals surface area contributed by atoms with Crippen molar-refractivity contribution in [1.82, 2.24) is 0 Å². The number of aliphatic hydroxyl groups excluding tert-OH is 1. The van der Waals surface area contributed by atoms with Gasteiger partial charge < -0.3 is 15.3 Å². The van der Waals surface area contributed by atoms with Crippen molar-refractivity contribution in [3.63, 3.8) is 0 Å². The largest absolute Gasteiger partial charge is 0.456 e. The quantitative estimate of drug-likeness (QED) is 0.751. The summed E-state index contributed by atoms with van der Waals surface area (Å²) < 4.78 is 18.8. The monoisotopic (exact) mass is 313 g/mol. The molecule has 3 rings (SSSR count). The zero-order valence-corrected chi connectivity index (χ0v) is 13.1. The van der Waals surface area contributed by atoms with E-state index < -0.39 is 5.54 Å². The number of benzene rings is 2. The van der Waals surface area contributed by atoms with Crippen LogP contribution in [0.25, 0.3) is 22.3 Å². The maximum Gasteiger partial charge on any atom is 0.135 e. The second kappa shape index (κ2) is 6.14. The van der Waals surface area contributed by atoms with Crippen LogP contribution in [-0.4, -0.2) is 17.3 Å². The summed E-state index contributed by atoms with van der Waals surface area (Å²) in [5, 5.41) is 10.2. The van der Waals surface area contributed by atoms with E-state index in [1.807, 2.05) is 25.1 Å². The zero-order valence-electron chi connectivity index (χ0n) is 13.1. The van der Waals surface area contributed by atoms with Crippen LogP contribution in [0.15, 0.2) is 52.9 Å². The van der Waals surface area contributed by atoms with Crippen LogP contribution in [0.4, 0.5) is 4.39 Å². The first kappa shape index (κ1) is 15.7. The lowest BCUT2D eigenvalue weighted by Gasteiger charge is -2.21. The van der Waals surface area contributed by atoms with Crippen LogP contribution in [0.2, 0.25) is 0 Å². The van der Waals surface area contributed by atoms with Crippen LogP contribution in [0.3, 0.4) is 0 Å². The summed E-state index contributed by atoms with van der Waals surface area (Å²) in [6.45, 7) is 1.81. The first-order chi connectivity index (χ1) is 11.0. The average molecular weight is 313 g/mol. The minimum absolute atomic E-state index is 0.0321. The molecule has 2 aromatic carbocycles. The van der Waals surface area contributed by atoms with Crippen molar-refractivity contribution in [2.24, 2.45) is 5.73 Å². The molecule has 3 N–H and O–H groups in total. The molecule has 0 aliphatic carbocycles. The highest BCUT2D eigenvalue weighted by Crippen LogP contribution is 2.29. The van der Waals surface area contributed by atoms with Gasteiger partial charge in [0.05, 0.1) is 6.61 Å². The highest BCUT2D eigenvalue weighted by Gasteiger charge is 2.16. The van der Waals surface area contributed by atoms with Crippen molar-refractivity contribution in [2.75, 3.05) is 6.61 Å². The Morgan fingerprint density at radius 2 is 1.87 bits per heavy atom. The Labute approximate surface area is 134 Å². The van der Waals surface area contributed by atoms with Gasteiger partial charge in [-0.2, -0.15) is 0 Å². The number of aliphatic hydroxyl groups is 1. The Morgan fingerprint density at radius 1 is 1.13 bits per heavy atom. The Hall–Kier alpha value is -2.17. The molecule has 0 aliphatic rings. The molecular weight excluding hydrogens is 293 g/mol. The molecule has 0 bridgehead atoms. The van der Waals surface area contributed by atoms with Crippen LogP contribution < -0.4 is 5.73 Å². The van der Waals surface area contributed by atoms with E-state index in [2.05, 4.69) is 6.07 Å². The Morgan fingerprint density at radius 3 is 2.57 bits per heavy atom. The molecule has 0 aliphatic heterocycles. The SMILES string of the molecule is C[C@](N)(CO)CCc1ccc2oc(-c3ccc(F)cc3)cc2c1. The van der Waals surface area contributed by atoms with Gasteiger partial charge in [-0.15, -0.1) is 0 Å². The van der Waals surface area contributed by atoms with Crippen LogP contribution in [-0.2, 0) is 6.42 Å². The standard InChI is InChI=1S/C19H20FNO2/c1-19(21,12-22)9-8-13-2-7-17-15(10-13)11-18(23-17)14-3-5-16(20)6-4-14/h2-7,10-11,22H,8-9,12,21H2,1H3/t19-/m1/s1. The van der Waals surface area contributed by atoms with E-state index in [1.54, 1.807) is 12.1 Å².